The summed E-state index contributed by atoms with van der Waals surface area (Å²) >= 11 is 0. The molecule has 5 nitrogen and oxygen atoms in total. The van der Waals surface area contributed by atoms with Crippen molar-refractivity contribution in [2.75, 3.05) is 23.7 Å². The van der Waals surface area contributed by atoms with Gasteiger partial charge in [0.15, 0.2) is 0 Å². The van der Waals surface area contributed by atoms with Crippen molar-refractivity contribution in [2.24, 2.45) is 0 Å². The van der Waals surface area contributed by atoms with E-state index >= 15 is 0 Å². The topological polar surface area (TPSA) is 75.2 Å². The summed E-state index contributed by atoms with van der Waals surface area (Å²) in [4.78, 5) is 5.62. The Labute approximate surface area is 143 Å². The third-order valence-electron chi connectivity index (χ3n) is 4.32. The van der Waals surface area contributed by atoms with E-state index in [1.54, 1.807) is 30.3 Å². The Bertz CT molecular complexity index is 828. The van der Waals surface area contributed by atoms with Crippen LogP contribution in [-0.2, 0) is 0 Å². The van der Waals surface area contributed by atoms with Crippen LogP contribution in [0.1, 0.15) is 24.0 Å². The van der Waals surface area contributed by atoms with Crippen molar-refractivity contribution in [3.63, 3.8) is 0 Å². The normalized spacial score (nSPS) is 18.6. The largest absolute Gasteiger partial charge is 0.490 e. The van der Waals surface area contributed by atoms with Crippen molar-refractivity contribution in [1.29, 1.82) is 5.41 Å². The molecule has 0 atom stereocenters. The predicted octanol–water partition coefficient (Wildman–Crippen LogP) is 3.08. The van der Waals surface area contributed by atoms with Crippen LogP contribution in [0.2, 0.25) is 0 Å². The van der Waals surface area contributed by atoms with Gasteiger partial charge in [-0.2, -0.15) is 0 Å². The minimum atomic E-state index is -2.66. The van der Waals surface area contributed by atoms with Gasteiger partial charge in [0, 0.05) is 23.0 Å². The number of nitrogen functional groups attached to an aromatic ring is 1. The number of hydrogen-bond donors (Lipinski definition) is 2. The van der Waals surface area contributed by atoms with Crippen LogP contribution in [0.4, 0.5) is 20.3 Å². The van der Waals surface area contributed by atoms with Crippen molar-refractivity contribution >= 4 is 17.2 Å². The van der Waals surface area contributed by atoms with Crippen LogP contribution in [0.3, 0.4) is 0 Å². The summed E-state index contributed by atoms with van der Waals surface area (Å²) in [6.45, 7) is -0.687. The van der Waals surface area contributed by atoms with Gasteiger partial charge in [-0.1, -0.05) is 0 Å². The molecule has 3 N–H and O–H groups in total. The van der Waals surface area contributed by atoms with Gasteiger partial charge in [-0.25, -0.2) is 13.8 Å². The van der Waals surface area contributed by atoms with Gasteiger partial charge in [-0.3, -0.25) is 5.41 Å². The molecule has 1 aromatic heterocycles. The van der Waals surface area contributed by atoms with Gasteiger partial charge in [-0.05, 0) is 43.2 Å². The summed E-state index contributed by atoms with van der Waals surface area (Å²) in [5.74, 6) is -1.53. The average molecular weight is 344 g/mol. The van der Waals surface area contributed by atoms with Gasteiger partial charge in [0.1, 0.15) is 11.6 Å². The first-order valence-corrected chi connectivity index (χ1v) is 8.16. The number of aromatic nitrogens is 1. The molecule has 1 saturated carbocycles. The number of nitrogens with one attached hydrogen (secondary N) is 1. The fourth-order valence-electron chi connectivity index (χ4n) is 2.78. The Morgan fingerprint density at radius 3 is 2.68 bits per heavy atom. The quantitative estimate of drug-likeness (QED) is 0.646. The molecule has 2 aromatic rings. The molecule has 130 valence electrons. The zero-order valence-electron chi connectivity index (χ0n) is 13.5. The van der Waals surface area contributed by atoms with Gasteiger partial charge in [-0.15, -0.1) is 0 Å². The van der Waals surface area contributed by atoms with Crippen LogP contribution in [0.5, 0.6) is 5.75 Å². The first-order chi connectivity index (χ1) is 11.9. The molecule has 0 bridgehead atoms. The van der Waals surface area contributed by atoms with Gasteiger partial charge in [0.05, 0.1) is 24.9 Å². The van der Waals surface area contributed by atoms with E-state index in [1.165, 1.54) is 11.1 Å². The molecule has 7 heteroatoms. The van der Waals surface area contributed by atoms with Crippen LogP contribution < -0.4 is 15.4 Å². The molecule has 1 aliphatic heterocycles. The van der Waals surface area contributed by atoms with Gasteiger partial charge >= 0.3 is 0 Å². The highest BCUT2D eigenvalue weighted by atomic mass is 19.3. The SMILES string of the molecule is N=C(c1ccnc(N2CC(F)(F)C2)c1)c1cc(OC2CC2)ccc1N. The third-order valence-corrected chi connectivity index (χ3v) is 4.32. The lowest BCUT2D eigenvalue weighted by atomic mass is 10.0. The second-order valence-electron chi connectivity index (χ2n) is 6.56. The van der Waals surface area contributed by atoms with Crippen LogP contribution in [0.25, 0.3) is 0 Å². The van der Waals surface area contributed by atoms with Crippen LogP contribution >= 0.6 is 0 Å². The summed E-state index contributed by atoms with van der Waals surface area (Å²) in [6, 6.07) is 8.60. The Hall–Kier alpha value is -2.70. The number of benzene rings is 1. The van der Waals surface area contributed by atoms with Crippen molar-refractivity contribution < 1.29 is 13.5 Å². The maximum Gasteiger partial charge on any atom is 0.282 e. The van der Waals surface area contributed by atoms with E-state index in [9.17, 15) is 8.78 Å². The first-order valence-electron chi connectivity index (χ1n) is 8.16. The summed E-state index contributed by atoms with van der Waals surface area (Å²) < 4.78 is 31.9. The number of ether oxygens (including phenoxy) is 1. The Balaban J connectivity index is 1.58. The zero-order chi connectivity index (χ0) is 17.6. The van der Waals surface area contributed by atoms with Crippen LogP contribution in [0, 0.1) is 5.41 Å². The molecule has 1 saturated heterocycles. The summed E-state index contributed by atoms with van der Waals surface area (Å²) in [6.07, 6.45) is 3.87. The molecule has 1 aliphatic carbocycles. The number of anilines is 2. The molecule has 2 fully saturated rings. The molecule has 2 aliphatic rings. The highest BCUT2D eigenvalue weighted by molar-refractivity contribution is 6.14. The maximum absolute atomic E-state index is 13.1. The number of hydrogen-bond acceptors (Lipinski definition) is 5. The van der Waals surface area contributed by atoms with Crippen molar-refractivity contribution in [3.05, 3.63) is 47.7 Å². The number of pyridine rings is 1. The second kappa shape index (κ2) is 5.68. The number of nitrogens with zero attached hydrogens (tertiary/aromatic N) is 2. The van der Waals surface area contributed by atoms with E-state index in [0.29, 0.717) is 28.4 Å². The van der Waals surface area contributed by atoms with E-state index in [2.05, 4.69) is 4.98 Å². The van der Waals surface area contributed by atoms with E-state index in [4.69, 9.17) is 15.9 Å². The Kier molecular flexibility index (Phi) is 3.59. The van der Waals surface area contributed by atoms with Crippen molar-refractivity contribution in [3.8, 4) is 5.75 Å². The van der Waals surface area contributed by atoms with Gasteiger partial charge in [0.25, 0.3) is 5.92 Å². The highest BCUT2D eigenvalue weighted by Crippen LogP contribution is 2.32. The van der Waals surface area contributed by atoms with Gasteiger partial charge in [0.2, 0.25) is 0 Å². The zero-order valence-corrected chi connectivity index (χ0v) is 13.5. The summed E-state index contributed by atoms with van der Waals surface area (Å²) in [7, 11) is 0. The number of nitrogens with two attached hydrogens (primary N) is 1. The average Bonchev–Trinajstić information content (AvgIpc) is 3.38. The molecule has 25 heavy (non-hydrogen) atoms. The highest BCUT2D eigenvalue weighted by Gasteiger charge is 2.44. The molecule has 0 spiro atoms. The van der Waals surface area contributed by atoms with E-state index < -0.39 is 5.92 Å². The lowest BCUT2D eigenvalue weighted by Gasteiger charge is -2.39. The van der Waals surface area contributed by atoms with Crippen LogP contribution in [0.15, 0.2) is 36.5 Å². The summed E-state index contributed by atoms with van der Waals surface area (Å²) in [5.41, 5.74) is 7.85. The minimum Gasteiger partial charge on any atom is -0.490 e. The maximum atomic E-state index is 13.1. The molecular weight excluding hydrogens is 326 g/mol. The minimum absolute atomic E-state index is 0.217. The third kappa shape index (κ3) is 3.26. The van der Waals surface area contributed by atoms with Gasteiger partial charge < -0.3 is 15.4 Å². The fourth-order valence-corrected chi connectivity index (χ4v) is 2.78. The van der Waals surface area contributed by atoms with E-state index in [0.717, 1.165) is 12.8 Å². The predicted molar refractivity (Wildman–Crippen MR) is 91.8 cm³/mol. The molecule has 4 rings (SSSR count). The molecular formula is C18H18F2N4O. The van der Waals surface area contributed by atoms with Crippen LogP contribution in [-0.4, -0.2) is 35.8 Å². The van der Waals surface area contributed by atoms with Crippen molar-refractivity contribution in [2.45, 2.75) is 24.9 Å². The lowest BCUT2D eigenvalue weighted by molar-refractivity contribution is -0.0267. The summed E-state index contributed by atoms with van der Waals surface area (Å²) in [5, 5.41) is 8.47. The molecule has 0 radical (unpaired) electrons. The molecule has 2 heterocycles. The number of rotatable bonds is 5. The molecule has 1 aromatic carbocycles. The van der Waals surface area contributed by atoms with Crippen molar-refractivity contribution in [1.82, 2.24) is 4.98 Å². The van der Waals surface area contributed by atoms with E-state index in [1.807, 2.05) is 0 Å². The monoisotopic (exact) mass is 344 g/mol. The number of alkyl halides is 2. The number of halogens is 2. The molecule has 0 amide bonds. The fraction of sp³-hybridized carbons (Fsp3) is 0.333. The lowest BCUT2D eigenvalue weighted by Crippen LogP contribution is -2.56. The van der Waals surface area contributed by atoms with E-state index in [-0.39, 0.29) is 24.9 Å². The standard InChI is InChI=1S/C18H18F2N4O/c19-18(20)9-24(10-18)16-7-11(5-6-23-16)17(22)14-8-13(3-4-15(14)21)25-12-1-2-12/h3-8,12,22H,1-2,9-10,21H2. The smallest absolute Gasteiger partial charge is 0.282 e. The molecule has 0 unspecified atom stereocenters. The first kappa shape index (κ1) is 15.8. The Morgan fingerprint density at radius 2 is 2.00 bits per heavy atom. The Morgan fingerprint density at radius 1 is 1.24 bits per heavy atom. The second-order valence-corrected chi connectivity index (χ2v) is 6.56.